The van der Waals surface area contributed by atoms with Crippen molar-refractivity contribution < 1.29 is 19.4 Å². The number of benzene rings is 5. The van der Waals surface area contributed by atoms with Gasteiger partial charge in [-0.15, -0.1) is 5.10 Å². The Labute approximate surface area is 285 Å². The molecular formula is C40H39N5O4. The summed E-state index contributed by atoms with van der Waals surface area (Å²) in [6.07, 6.45) is 2.04. The number of rotatable bonds is 10. The van der Waals surface area contributed by atoms with Gasteiger partial charge in [0.25, 0.3) is 0 Å². The molecule has 49 heavy (non-hydrogen) atoms. The third-order valence-electron chi connectivity index (χ3n) is 9.46. The Morgan fingerprint density at radius 3 is 2.14 bits per heavy atom. The number of fused-ring (bicyclic) bond motifs is 2. The first kappa shape index (κ1) is 32.0. The number of aryl methyl sites for hydroxylation is 2. The summed E-state index contributed by atoms with van der Waals surface area (Å²) in [6.45, 7) is 3.82. The predicted molar refractivity (Wildman–Crippen MR) is 190 cm³/mol. The van der Waals surface area contributed by atoms with Crippen molar-refractivity contribution in [2.75, 3.05) is 18.0 Å². The molecule has 2 atom stereocenters. The van der Waals surface area contributed by atoms with Crippen LogP contribution in [0.15, 0.2) is 115 Å². The summed E-state index contributed by atoms with van der Waals surface area (Å²) < 4.78 is 8.24. The smallest absolute Gasteiger partial charge is 0.407 e. The average Bonchev–Trinajstić information content (AvgIpc) is 3.61. The second-order valence-electron chi connectivity index (χ2n) is 12.8. The molecule has 0 radical (unpaired) electrons. The maximum absolute atomic E-state index is 12.6. The molecule has 0 spiro atoms. The standard InChI is InChI=1S/C40H39N5O4/c1-28(46)45(24-30-10-14-32-6-2-4-8-34(32)22-30)36-16-12-29(13-17-36)18-21-44-25-38(41-42-44)37-19-20-43(40(47)48)26-39(37)49-27-31-11-15-33-7-3-5-9-35(33)23-31/h2-17,22-23,25,37,39H,18-21,24,26-27H2,1H3,(H,47,48)/t37-,39+/m1/s1. The normalized spacial score (nSPS) is 16.2. The maximum Gasteiger partial charge on any atom is 0.407 e. The number of nitrogens with zero attached hydrogens (tertiary/aromatic N) is 5. The number of amides is 2. The molecule has 1 aliphatic rings. The number of carbonyl (C=O) groups excluding carboxylic acids is 1. The minimum atomic E-state index is -0.937. The molecule has 1 N–H and O–H groups in total. The molecule has 7 rings (SSSR count). The first-order valence-electron chi connectivity index (χ1n) is 16.7. The Balaban J connectivity index is 0.987. The van der Waals surface area contributed by atoms with Gasteiger partial charge >= 0.3 is 6.09 Å². The van der Waals surface area contributed by atoms with Gasteiger partial charge in [-0.05, 0) is 75.3 Å². The summed E-state index contributed by atoms with van der Waals surface area (Å²) in [6, 6.07) is 37.1. The quantitative estimate of drug-likeness (QED) is 0.165. The Hall–Kier alpha value is -5.54. The van der Waals surface area contributed by atoms with Crippen LogP contribution in [0.5, 0.6) is 0 Å². The van der Waals surface area contributed by atoms with Gasteiger partial charge in [0.05, 0.1) is 31.5 Å². The maximum atomic E-state index is 12.6. The fourth-order valence-electron chi connectivity index (χ4n) is 6.71. The molecule has 0 aliphatic carbocycles. The average molecular weight is 654 g/mol. The van der Waals surface area contributed by atoms with Crippen LogP contribution in [0, 0.1) is 0 Å². The number of anilines is 1. The Bertz CT molecular complexity index is 2090. The second kappa shape index (κ2) is 14.3. The Morgan fingerprint density at radius 1 is 0.837 bits per heavy atom. The van der Waals surface area contributed by atoms with E-state index in [0.717, 1.165) is 45.3 Å². The summed E-state index contributed by atoms with van der Waals surface area (Å²) in [7, 11) is 0. The number of aromatic nitrogens is 3. The topological polar surface area (TPSA) is 101 Å². The van der Waals surface area contributed by atoms with Gasteiger partial charge in [0.15, 0.2) is 0 Å². The largest absolute Gasteiger partial charge is 0.465 e. The van der Waals surface area contributed by atoms with E-state index in [2.05, 4.69) is 83.1 Å². The van der Waals surface area contributed by atoms with Gasteiger partial charge in [-0.2, -0.15) is 0 Å². The molecule has 1 aromatic heterocycles. The van der Waals surface area contributed by atoms with Gasteiger partial charge < -0.3 is 19.6 Å². The van der Waals surface area contributed by atoms with Crippen molar-refractivity contribution in [1.29, 1.82) is 0 Å². The van der Waals surface area contributed by atoms with E-state index >= 15 is 0 Å². The predicted octanol–water partition coefficient (Wildman–Crippen LogP) is 7.43. The van der Waals surface area contributed by atoms with Gasteiger partial charge in [-0.25, -0.2) is 4.79 Å². The summed E-state index contributed by atoms with van der Waals surface area (Å²) in [5, 5.41) is 23.3. The molecule has 1 fully saturated rings. The summed E-state index contributed by atoms with van der Waals surface area (Å²) in [5.74, 6) is -0.0750. The van der Waals surface area contributed by atoms with Crippen LogP contribution in [0.4, 0.5) is 10.5 Å². The highest BCUT2D eigenvalue weighted by molar-refractivity contribution is 5.92. The zero-order chi connectivity index (χ0) is 33.7. The molecule has 9 nitrogen and oxygen atoms in total. The molecule has 9 heteroatoms. The Morgan fingerprint density at radius 2 is 1.47 bits per heavy atom. The number of hydrogen-bond donors (Lipinski definition) is 1. The SMILES string of the molecule is CC(=O)N(Cc1ccc2ccccc2c1)c1ccc(CCn2cc([C@H]3CCN(C(=O)O)C[C@@H]3OCc3ccc4ccccc4c3)nn2)cc1. The molecular weight excluding hydrogens is 614 g/mol. The van der Waals surface area contributed by atoms with Crippen LogP contribution in [0.2, 0.25) is 0 Å². The highest BCUT2D eigenvalue weighted by atomic mass is 16.5. The van der Waals surface area contributed by atoms with E-state index in [1.807, 2.05) is 47.3 Å². The van der Waals surface area contributed by atoms with Crippen LogP contribution in [0.1, 0.15) is 41.6 Å². The molecule has 6 aromatic rings. The van der Waals surface area contributed by atoms with Crippen molar-refractivity contribution in [1.82, 2.24) is 19.9 Å². The second-order valence-corrected chi connectivity index (χ2v) is 12.8. The van der Waals surface area contributed by atoms with Gasteiger partial charge in [0, 0.05) is 37.8 Å². The van der Waals surface area contributed by atoms with E-state index in [4.69, 9.17) is 4.74 Å². The van der Waals surface area contributed by atoms with Gasteiger partial charge in [-0.3, -0.25) is 9.48 Å². The summed E-state index contributed by atoms with van der Waals surface area (Å²) in [4.78, 5) is 27.7. The van der Waals surface area contributed by atoms with Crippen LogP contribution in [-0.4, -0.2) is 56.2 Å². The molecule has 0 saturated carbocycles. The van der Waals surface area contributed by atoms with Crippen molar-refractivity contribution in [2.45, 2.75) is 51.5 Å². The number of carboxylic acid groups (broad SMARTS) is 1. The molecule has 2 heterocycles. The Kier molecular flexibility index (Phi) is 9.34. The fraction of sp³-hybridized carbons (Fsp3) is 0.250. The molecule has 5 aromatic carbocycles. The monoisotopic (exact) mass is 653 g/mol. The van der Waals surface area contributed by atoms with E-state index in [1.165, 1.54) is 15.7 Å². The zero-order valence-electron chi connectivity index (χ0n) is 27.5. The summed E-state index contributed by atoms with van der Waals surface area (Å²) >= 11 is 0. The first-order valence-corrected chi connectivity index (χ1v) is 16.7. The van der Waals surface area contributed by atoms with E-state index < -0.39 is 6.09 Å². The summed E-state index contributed by atoms with van der Waals surface area (Å²) in [5.41, 5.74) is 4.92. The fourth-order valence-corrected chi connectivity index (χ4v) is 6.71. The lowest BCUT2D eigenvalue weighted by molar-refractivity contribution is -0.116. The van der Waals surface area contributed by atoms with Crippen LogP contribution in [0.3, 0.4) is 0 Å². The third kappa shape index (κ3) is 7.47. The number of piperidine rings is 1. The van der Waals surface area contributed by atoms with Gasteiger partial charge in [0.1, 0.15) is 0 Å². The van der Waals surface area contributed by atoms with E-state index in [9.17, 15) is 14.7 Å². The van der Waals surface area contributed by atoms with Crippen LogP contribution in [-0.2, 0) is 35.6 Å². The minimum absolute atomic E-state index is 0.00945. The molecule has 0 unspecified atom stereocenters. The lowest BCUT2D eigenvalue weighted by atomic mass is 9.91. The molecule has 2 amide bonds. The number of ether oxygens (including phenoxy) is 1. The van der Waals surface area contributed by atoms with Crippen LogP contribution in [0.25, 0.3) is 21.5 Å². The van der Waals surface area contributed by atoms with Crippen LogP contribution < -0.4 is 4.90 Å². The van der Waals surface area contributed by atoms with Crippen molar-refractivity contribution in [3.05, 3.63) is 138 Å². The van der Waals surface area contributed by atoms with Crippen molar-refractivity contribution >= 4 is 39.2 Å². The van der Waals surface area contributed by atoms with Crippen molar-refractivity contribution in [3.8, 4) is 0 Å². The number of hydrogen-bond acceptors (Lipinski definition) is 5. The van der Waals surface area contributed by atoms with Crippen molar-refractivity contribution in [2.24, 2.45) is 0 Å². The molecule has 1 saturated heterocycles. The third-order valence-corrected chi connectivity index (χ3v) is 9.46. The number of carbonyl (C=O) groups is 2. The highest BCUT2D eigenvalue weighted by Gasteiger charge is 2.35. The van der Waals surface area contributed by atoms with E-state index in [-0.39, 0.29) is 24.5 Å². The molecule has 1 aliphatic heterocycles. The lowest BCUT2D eigenvalue weighted by Gasteiger charge is -2.36. The van der Waals surface area contributed by atoms with Crippen LogP contribution >= 0.6 is 0 Å². The lowest BCUT2D eigenvalue weighted by Crippen LogP contribution is -2.46. The van der Waals surface area contributed by atoms with E-state index in [0.29, 0.717) is 32.7 Å². The van der Waals surface area contributed by atoms with Gasteiger partial charge in [-0.1, -0.05) is 90.1 Å². The van der Waals surface area contributed by atoms with Gasteiger partial charge in [0.2, 0.25) is 5.91 Å². The molecule has 0 bridgehead atoms. The van der Waals surface area contributed by atoms with Crippen molar-refractivity contribution in [3.63, 3.8) is 0 Å². The first-order chi connectivity index (χ1) is 23.9. The zero-order valence-corrected chi connectivity index (χ0v) is 27.5. The highest BCUT2D eigenvalue weighted by Crippen LogP contribution is 2.30. The number of likely N-dealkylation sites (tertiary alicyclic amines) is 1. The molecule has 248 valence electrons. The van der Waals surface area contributed by atoms with E-state index in [1.54, 1.807) is 11.8 Å². The minimum Gasteiger partial charge on any atom is -0.465 e.